The van der Waals surface area contributed by atoms with Crippen LogP contribution in [0.15, 0.2) is 30.3 Å². The number of hydrogen-bond donors (Lipinski definition) is 1. The second-order valence-electron chi connectivity index (χ2n) is 8.27. The van der Waals surface area contributed by atoms with Crippen molar-refractivity contribution in [3.8, 4) is 0 Å². The molecule has 0 aliphatic carbocycles. The summed E-state index contributed by atoms with van der Waals surface area (Å²) in [5, 5.41) is 0. The summed E-state index contributed by atoms with van der Waals surface area (Å²) < 4.78 is 10.5. The lowest BCUT2D eigenvalue weighted by molar-refractivity contribution is -0.151. The Morgan fingerprint density at radius 2 is 1.88 bits per heavy atom. The van der Waals surface area contributed by atoms with Gasteiger partial charge >= 0.3 is 11.9 Å². The number of Topliss-reactive ketones (excluding diaryl/α,β-unsaturated/α-hetero) is 1. The Morgan fingerprint density at radius 1 is 1.18 bits per heavy atom. The van der Waals surface area contributed by atoms with Crippen molar-refractivity contribution < 1.29 is 28.7 Å². The second-order valence-corrected chi connectivity index (χ2v) is 8.27. The number of likely N-dealkylation sites (tertiary alicyclic amines) is 1. The summed E-state index contributed by atoms with van der Waals surface area (Å²) in [5.74, 6) is -2.22. The molecule has 1 N–H and O–H groups in total. The van der Waals surface area contributed by atoms with Crippen LogP contribution >= 0.6 is 0 Å². The SMILES string of the molecule is CCOC(=O)c1c(C)[nH]c(C(=O)[C@H](C)OC(=O)[C@@H]2CC(=O)N(CCc3ccccc3)C2)c1C. The summed E-state index contributed by atoms with van der Waals surface area (Å²) in [6.07, 6.45) is -0.280. The molecule has 1 aromatic carbocycles. The van der Waals surface area contributed by atoms with E-state index in [1.807, 2.05) is 30.3 Å². The lowest BCUT2D eigenvalue weighted by atomic mass is 10.1. The number of esters is 2. The molecule has 1 fully saturated rings. The zero-order valence-electron chi connectivity index (χ0n) is 19.5. The normalized spacial score (nSPS) is 16.5. The van der Waals surface area contributed by atoms with Gasteiger partial charge in [-0.3, -0.25) is 14.4 Å². The minimum absolute atomic E-state index is 0.0716. The summed E-state index contributed by atoms with van der Waals surface area (Å²) in [5.41, 5.74) is 2.62. The van der Waals surface area contributed by atoms with E-state index in [1.54, 1.807) is 25.7 Å². The fourth-order valence-electron chi connectivity index (χ4n) is 4.09. The van der Waals surface area contributed by atoms with Crippen molar-refractivity contribution in [3.05, 3.63) is 58.4 Å². The minimum atomic E-state index is -1.06. The number of ether oxygens (including phenoxy) is 2. The second kappa shape index (κ2) is 10.5. The molecule has 0 bridgehead atoms. The maximum atomic E-state index is 12.9. The van der Waals surface area contributed by atoms with Gasteiger partial charge in [0, 0.05) is 25.2 Å². The number of rotatable bonds is 9. The molecule has 2 atom stereocenters. The van der Waals surface area contributed by atoms with Crippen LogP contribution in [0.4, 0.5) is 0 Å². The summed E-state index contributed by atoms with van der Waals surface area (Å²) in [4.78, 5) is 54.7. The number of benzene rings is 1. The maximum absolute atomic E-state index is 12.9. The Labute approximate surface area is 193 Å². The standard InChI is InChI=1S/C25H30N2O6/c1-5-32-25(31)21-15(2)22(26-16(21)3)23(29)17(4)33-24(30)19-13-20(28)27(14-19)12-11-18-9-7-6-8-10-18/h6-10,17,19,26H,5,11-14H2,1-4H3/t17-,19+/m0/s1. The molecule has 0 spiro atoms. The van der Waals surface area contributed by atoms with Crippen LogP contribution in [0.5, 0.6) is 0 Å². The van der Waals surface area contributed by atoms with Crippen LogP contribution in [0.3, 0.4) is 0 Å². The van der Waals surface area contributed by atoms with Crippen LogP contribution in [0.1, 0.15) is 57.9 Å². The average molecular weight is 455 g/mol. The first-order chi connectivity index (χ1) is 15.7. The molecule has 33 heavy (non-hydrogen) atoms. The van der Waals surface area contributed by atoms with E-state index in [9.17, 15) is 19.2 Å². The van der Waals surface area contributed by atoms with Gasteiger partial charge in [0.2, 0.25) is 11.7 Å². The lowest BCUT2D eigenvalue weighted by Crippen LogP contribution is -2.31. The highest BCUT2D eigenvalue weighted by atomic mass is 16.5. The van der Waals surface area contributed by atoms with Gasteiger partial charge in [0.05, 0.1) is 23.8 Å². The largest absolute Gasteiger partial charge is 0.462 e. The zero-order chi connectivity index (χ0) is 24.1. The Hall–Kier alpha value is -3.42. The maximum Gasteiger partial charge on any atom is 0.340 e. The smallest absolute Gasteiger partial charge is 0.340 e. The quantitative estimate of drug-likeness (QED) is 0.461. The predicted molar refractivity (Wildman–Crippen MR) is 121 cm³/mol. The first kappa shape index (κ1) is 24.2. The Bertz CT molecular complexity index is 1040. The first-order valence-electron chi connectivity index (χ1n) is 11.2. The molecule has 1 aliphatic heterocycles. The van der Waals surface area contributed by atoms with Gasteiger partial charge in [-0.2, -0.15) is 0 Å². The number of aryl methyl sites for hydroxylation is 1. The molecule has 1 aliphatic rings. The summed E-state index contributed by atoms with van der Waals surface area (Å²) in [7, 11) is 0. The van der Waals surface area contributed by atoms with Crippen LogP contribution < -0.4 is 0 Å². The molecule has 1 aromatic heterocycles. The molecule has 2 heterocycles. The number of amides is 1. The fraction of sp³-hybridized carbons (Fsp3) is 0.440. The highest BCUT2D eigenvalue weighted by Crippen LogP contribution is 2.23. The van der Waals surface area contributed by atoms with Gasteiger partial charge in [0.25, 0.3) is 0 Å². The number of aromatic amines is 1. The highest BCUT2D eigenvalue weighted by Gasteiger charge is 2.37. The monoisotopic (exact) mass is 454 g/mol. The molecular weight excluding hydrogens is 424 g/mol. The van der Waals surface area contributed by atoms with Gasteiger partial charge in [-0.25, -0.2) is 4.79 Å². The van der Waals surface area contributed by atoms with Crippen LogP contribution in [-0.4, -0.2) is 59.3 Å². The van der Waals surface area contributed by atoms with Crippen LogP contribution in [0, 0.1) is 19.8 Å². The van der Waals surface area contributed by atoms with Gasteiger partial charge in [-0.05, 0) is 45.2 Å². The molecule has 0 unspecified atom stereocenters. The molecule has 1 amide bonds. The van der Waals surface area contributed by atoms with E-state index in [1.165, 1.54) is 6.92 Å². The van der Waals surface area contributed by atoms with E-state index in [0.29, 0.717) is 29.8 Å². The third-order valence-corrected chi connectivity index (χ3v) is 5.89. The molecule has 8 heteroatoms. The summed E-state index contributed by atoms with van der Waals surface area (Å²) in [6, 6.07) is 9.83. The number of carbonyl (C=O) groups is 4. The average Bonchev–Trinajstić information content (AvgIpc) is 3.31. The minimum Gasteiger partial charge on any atom is -0.462 e. The molecule has 176 valence electrons. The predicted octanol–water partition coefficient (Wildman–Crippen LogP) is 3.01. The fourth-order valence-corrected chi connectivity index (χ4v) is 4.09. The third kappa shape index (κ3) is 5.50. The van der Waals surface area contributed by atoms with E-state index in [2.05, 4.69) is 4.98 Å². The number of aromatic nitrogens is 1. The molecule has 0 saturated carbocycles. The number of hydrogen-bond acceptors (Lipinski definition) is 6. The molecular formula is C25H30N2O6. The van der Waals surface area contributed by atoms with Crippen LogP contribution in [-0.2, 0) is 25.5 Å². The molecule has 3 rings (SSSR count). The van der Waals surface area contributed by atoms with Crippen LogP contribution in [0.2, 0.25) is 0 Å². The Kier molecular flexibility index (Phi) is 7.68. The molecule has 0 radical (unpaired) electrons. The van der Waals surface area contributed by atoms with E-state index < -0.39 is 29.7 Å². The Balaban J connectivity index is 1.59. The Morgan fingerprint density at radius 3 is 2.55 bits per heavy atom. The van der Waals surface area contributed by atoms with Crippen molar-refractivity contribution in [2.24, 2.45) is 5.92 Å². The van der Waals surface area contributed by atoms with Crippen molar-refractivity contribution in [2.75, 3.05) is 19.7 Å². The van der Waals surface area contributed by atoms with Crippen molar-refractivity contribution in [1.82, 2.24) is 9.88 Å². The number of carbonyl (C=O) groups excluding carboxylic acids is 4. The van der Waals surface area contributed by atoms with Crippen molar-refractivity contribution in [1.29, 1.82) is 0 Å². The third-order valence-electron chi connectivity index (χ3n) is 5.89. The number of nitrogens with zero attached hydrogens (tertiary/aromatic N) is 1. The van der Waals surface area contributed by atoms with Gasteiger partial charge < -0.3 is 19.4 Å². The van der Waals surface area contributed by atoms with Crippen LogP contribution in [0.25, 0.3) is 0 Å². The van der Waals surface area contributed by atoms with Gasteiger partial charge in [0.15, 0.2) is 6.10 Å². The molecule has 2 aromatic rings. The first-order valence-corrected chi connectivity index (χ1v) is 11.2. The molecule has 1 saturated heterocycles. The van der Waals surface area contributed by atoms with Gasteiger partial charge in [-0.15, -0.1) is 0 Å². The number of nitrogens with one attached hydrogen (secondary N) is 1. The van der Waals surface area contributed by atoms with E-state index >= 15 is 0 Å². The lowest BCUT2D eigenvalue weighted by Gasteiger charge is -2.17. The van der Waals surface area contributed by atoms with Crippen molar-refractivity contribution in [3.63, 3.8) is 0 Å². The van der Waals surface area contributed by atoms with E-state index in [4.69, 9.17) is 9.47 Å². The summed E-state index contributed by atoms with van der Waals surface area (Å²) in [6.45, 7) is 7.56. The van der Waals surface area contributed by atoms with Crippen molar-refractivity contribution >= 4 is 23.6 Å². The number of H-pyrrole nitrogens is 1. The van der Waals surface area contributed by atoms with Crippen molar-refractivity contribution in [2.45, 2.75) is 46.6 Å². The topological polar surface area (TPSA) is 106 Å². The van der Waals surface area contributed by atoms with Gasteiger partial charge in [0.1, 0.15) is 0 Å². The summed E-state index contributed by atoms with van der Waals surface area (Å²) >= 11 is 0. The zero-order valence-corrected chi connectivity index (χ0v) is 19.5. The highest BCUT2D eigenvalue weighted by molar-refractivity contribution is 6.04. The van der Waals surface area contributed by atoms with E-state index in [0.717, 1.165) is 5.56 Å². The molecule has 8 nitrogen and oxygen atoms in total. The van der Waals surface area contributed by atoms with E-state index in [-0.39, 0.29) is 31.2 Å². The number of ketones is 1. The van der Waals surface area contributed by atoms with Gasteiger partial charge in [-0.1, -0.05) is 30.3 Å².